The van der Waals surface area contributed by atoms with E-state index in [1.54, 1.807) is 0 Å². The lowest BCUT2D eigenvalue weighted by molar-refractivity contribution is -0.143. The Kier molecular flexibility index (Phi) is 3.03. The van der Waals surface area contributed by atoms with Crippen LogP contribution in [0.5, 0.6) is 0 Å². The molecule has 3 rings (SSSR count). The third-order valence-corrected chi connectivity index (χ3v) is 4.24. The highest BCUT2D eigenvalue weighted by Gasteiger charge is 2.45. The van der Waals surface area contributed by atoms with Crippen molar-refractivity contribution in [2.24, 2.45) is 5.92 Å². The van der Waals surface area contributed by atoms with Crippen molar-refractivity contribution in [2.75, 3.05) is 0 Å². The zero-order chi connectivity index (χ0) is 12.5. The SMILES string of the molecule is O=C(O)C1CC2CCCCC2N1Cc1ncon1. The van der Waals surface area contributed by atoms with E-state index in [2.05, 4.69) is 15.0 Å². The zero-order valence-electron chi connectivity index (χ0n) is 10.2. The topological polar surface area (TPSA) is 79.5 Å². The molecule has 98 valence electrons. The summed E-state index contributed by atoms with van der Waals surface area (Å²) in [5.74, 6) is 0.368. The Morgan fingerprint density at radius 3 is 3.06 bits per heavy atom. The Bertz CT molecular complexity index is 420. The van der Waals surface area contributed by atoms with Crippen molar-refractivity contribution in [1.29, 1.82) is 0 Å². The van der Waals surface area contributed by atoms with Crippen molar-refractivity contribution < 1.29 is 14.4 Å². The van der Waals surface area contributed by atoms with E-state index in [9.17, 15) is 9.90 Å². The van der Waals surface area contributed by atoms with Gasteiger partial charge in [0.25, 0.3) is 0 Å². The minimum Gasteiger partial charge on any atom is -0.480 e. The predicted molar refractivity (Wildman–Crippen MR) is 61.6 cm³/mol. The van der Waals surface area contributed by atoms with Gasteiger partial charge in [0.2, 0.25) is 6.39 Å². The van der Waals surface area contributed by atoms with Crippen molar-refractivity contribution in [3.63, 3.8) is 0 Å². The van der Waals surface area contributed by atoms with E-state index < -0.39 is 12.0 Å². The van der Waals surface area contributed by atoms with Crippen molar-refractivity contribution in [1.82, 2.24) is 15.0 Å². The van der Waals surface area contributed by atoms with Crippen LogP contribution < -0.4 is 0 Å². The van der Waals surface area contributed by atoms with Gasteiger partial charge in [-0.2, -0.15) is 4.98 Å². The smallest absolute Gasteiger partial charge is 0.320 e. The van der Waals surface area contributed by atoms with Crippen LogP contribution in [-0.2, 0) is 11.3 Å². The molecular formula is C12H17N3O3. The fourth-order valence-electron chi connectivity index (χ4n) is 3.45. The van der Waals surface area contributed by atoms with Gasteiger partial charge in [-0.15, -0.1) is 0 Å². The molecule has 0 aromatic carbocycles. The number of likely N-dealkylation sites (tertiary alicyclic amines) is 1. The molecule has 2 aliphatic rings. The first-order chi connectivity index (χ1) is 8.75. The van der Waals surface area contributed by atoms with E-state index in [0.717, 1.165) is 19.3 Å². The molecule has 3 atom stereocenters. The predicted octanol–water partition coefficient (Wildman–Crippen LogP) is 1.29. The third-order valence-electron chi connectivity index (χ3n) is 4.24. The summed E-state index contributed by atoms with van der Waals surface area (Å²) < 4.78 is 4.72. The molecule has 0 bridgehead atoms. The molecular weight excluding hydrogens is 234 g/mol. The van der Waals surface area contributed by atoms with Gasteiger partial charge in [-0.3, -0.25) is 9.69 Å². The maximum atomic E-state index is 11.4. The monoisotopic (exact) mass is 251 g/mol. The highest BCUT2D eigenvalue weighted by atomic mass is 16.5. The second-order valence-electron chi connectivity index (χ2n) is 5.22. The maximum absolute atomic E-state index is 11.4. The average Bonchev–Trinajstić information content (AvgIpc) is 2.98. The van der Waals surface area contributed by atoms with Crippen LogP contribution in [-0.4, -0.2) is 38.2 Å². The standard InChI is InChI=1S/C12H17N3O3/c16-12(17)10-5-8-3-1-2-4-9(8)15(10)6-11-13-7-18-14-11/h7-10H,1-6H2,(H,16,17). The summed E-state index contributed by atoms with van der Waals surface area (Å²) in [6.07, 6.45) is 6.71. The number of fused-ring (bicyclic) bond motifs is 1. The second kappa shape index (κ2) is 4.68. The highest BCUT2D eigenvalue weighted by molar-refractivity contribution is 5.74. The molecule has 1 saturated carbocycles. The van der Waals surface area contributed by atoms with E-state index in [4.69, 9.17) is 4.52 Å². The number of aromatic nitrogens is 2. The fraction of sp³-hybridized carbons (Fsp3) is 0.750. The summed E-state index contributed by atoms with van der Waals surface area (Å²) in [5, 5.41) is 13.1. The molecule has 1 aliphatic carbocycles. The zero-order valence-corrected chi connectivity index (χ0v) is 10.2. The van der Waals surface area contributed by atoms with Crippen molar-refractivity contribution in [3.05, 3.63) is 12.2 Å². The summed E-state index contributed by atoms with van der Waals surface area (Å²) in [6, 6.07) is -0.0186. The summed E-state index contributed by atoms with van der Waals surface area (Å²) in [6.45, 7) is 0.481. The maximum Gasteiger partial charge on any atom is 0.320 e. The molecule has 2 heterocycles. The number of aliphatic carboxylic acids is 1. The fourth-order valence-corrected chi connectivity index (χ4v) is 3.45. The first-order valence-corrected chi connectivity index (χ1v) is 6.49. The second-order valence-corrected chi connectivity index (χ2v) is 5.22. The van der Waals surface area contributed by atoms with Crippen LogP contribution in [0, 0.1) is 5.92 Å². The van der Waals surface area contributed by atoms with Gasteiger partial charge in [-0.1, -0.05) is 18.0 Å². The summed E-state index contributed by atoms with van der Waals surface area (Å²) in [7, 11) is 0. The van der Waals surface area contributed by atoms with Crippen LogP contribution in [0.1, 0.15) is 37.9 Å². The number of nitrogens with zero attached hydrogens (tertiary/aromatic N) is 3. The lowest BCUT2D eigenvalue weighted by Gasteiger charge is -2.31. The number of carboxylic acids is 1. The minimum absolute atomic E-state index is 0.373. The Morgan fingerprint density at radius 1 is 1.50 bits per heavy atom. The van der Waals surface area contributed by atoms with Crippen LogP contribution in [0.4, 0.5) is 0 Å². The molecule has 1 aliphatic heterocycles. The molecule has 0 radical (unpaired) electrons. The van der Waals surface area contributed by atoms with Crippen molar-refractivity contribution >= 4 is 5.97 Å². The Morgan fingerprint density at radius 2 is 2.33 bits per heavy atom. The van der Waals surface area contributed by atoms with Gasteiger partial charge < -0.3 is 9.63 Å². The molecule has 1 aromatic heterocycles. The van der Waals surface area contributed by atoms with Gasteiger partial charge in [0.05, 0.1) is 6.54 Å². The molecule has 1 saturated heterocycles. The van der Waals surface area contributed by atoms with Crippen LogP contribution in [0.2, 0.25) is 0 Å². The molecule has 6 nitrogen and oxygen atoms in total. The minimum atomic E-state index is -0.729. The van der Waals surface area contributed by atoms with Gasteiger partial charge in [-0.05, 0) is 25.2 Å². The van der Waals surface area contributed by atoms with Gasteiger partial charge in [-0.25, -0.2) is 0 Å². The van der Waals surface area contributed by atoms with E-state index in [-0.39, 0.29) is 0 Å². The number of rotatable bonds is 3. The summed E-state index contributed by atoms with van der Waals surface area (Å²) in [5.41, 5.74) is 0. The lowest BCUT2D eigenvalue weighted by Crippen LogP contribution is -2.41. The highest BCUT2D eigenvalue weighted by Crippen LogP contribution is 2.40. The third kappa shape index (κ3) is 2.01. The molecule has 0 spiro atoms. The van der Waals surface area contributed by atoms with Crippen LogP contribution in [0.3, 0.4) is 0 Å². The molecule has 3 unspecified atom stereocenters. The molecule has 6 heteroatoms. The van der Waals surface area contributed by atoms with Crippen molar-refractivity contribution in [3.8, 4) is 0 Å². The molecule has 1 N–H and O–H groups in total. The van der Waals surface area contributed by atoms with Gasteiger partial charge in [0.1, 0.15) is 6.04 Å². The van der Waals surface area contributed by atoms with Gasteiger partial charge in [0, 0.05) is 6.04 Å². The van der Waals surface area contributed by atoms with Gasteiger partial charge in [0.15, 0.2) is 5.82 Å². The molecule has 18 heavy (non-hydrogen) atoms. The molecule has 0 amide bonds. The number of carbonyl (C=O) groups is 1. The van der Waals surface area contributed by atoms with Crippen LogP contribution in [0.15, 0.2) is 10.9 Å². The van der Waals surface area contributed by atoms with E-state index in [1.165, 1.54) is 19.2 Å². The molecule has 2 fully saturated rings. The van der Waals surface area contributed by atoms with Gasteiger partial charge >= 0.3 is 5.97 Å². The normalized spacial score (nSPS) is 32.3. The molecule has 1 aromatic rings. The number of hydrogen-bond donors (Lipinski definition) is 1. The Hall–Kier alpha value is -1.43. The van der Waals surface area contributed by atoms with Crippen molar-refractivity contribution in [2.45, 2.75) is 50.7 Å². The van der Waals surface area contributed by atoms with E-state index >= 15 is 0 Å². The van der Waals surface area contributed by atoms with Crippen LogP contribution in [0.25, 0.3) is 0 Å². The Balaban J connectivity index is 1.80. The number of hydrogen-bond acceptors (Lipinski definition) is 5. The number of carboxylic acid groups (broad SMARTS) is 1. The average molecular weight is 251 g/mol. The van der Waals surface area contributed by atoms with E-state index in [0.29, 0.717) is 24.3 Å². The van der Waals surface area contributed by atoms with E-state index in [1.807, 2.05) is 0 Å². The summed E-state index contributed by atoms with van der Waals surface area (Å²) >= 11 is 0. The Labute approximate surface area is 105 Å². The summed E-state index contributed by atoms with van der Waals surface area (Å²) in [4.78, 5) is 17.4. The lowest BCUT2D eigenvalue weighted by atomic mass is 9.85. The first-order valence-electron chi connectivity index (χ1n) is 6.49. The largest absolute Gasteiger partial charge is 0.480 e. The quantitative estimate of drug-likeness (QED) is 0.872. The first kappa shape index (κ1) is 11.6. The van der Waals surface area contributed by atoms with Crippen LogP contribution >= 0.6 is 0 Å².